The Hall–Kier alpha value is 1.01. The zero-order valence-corrected chi connectivity index (χ0v) is 24.8. The molecule has 0 fully saturated rings. The molecule has 0 spiro atoms. The molecule has 4 heteroatoms. The summed E-state index contributed by atoms with van der Waals surface area (Å²) in [6.07, 6.45) is 25.6. The highest BCUT2D eigenvalue weighted by Gasteiger charge is 2.30. The zero-order valence-electron chi connectivity index (χ0n) is 21.3. The lowest BCUT2D eigenvalue weighted by Crippen LogP contribution is -2.29. The second kappa shape index (κ2) is 20.6. The first-order valence-electron chi connectivity index (χ1n) is 13.7. The zero-order chi connectivity index (χ0) is 22.6. The van der Waals surface area contributed by atoms with Gasteiger partial charge in [0.15, 0.2) is 14.8 Å². The van der Waals surface area contributed by atoms with Gasteiger partial charge in [0, 0.05) is 0 Å². The van der Waals surface area contributed by atoms with Crippen LogP contribution in [0.1, 0.15) is 129 Å². The topological polar surface area (TPSA) is 0 Å². The molecule has 0 radical (unpaired) electrons. The van der Waals surface area contributed by atoms with Crippen molar-refractivity contribution in [2.24, 2.45) is 0 Å². The number of hydrogen-bond donors (Lipinski definition) is 0. The summed E-state index contributed by atoms with van der Waals surface area (Å²) in [5.41, 5.74) is 0. The number of hydrogen-bond acceptors (Lipinski definition) is 0. The molecule has 0 aromatic rings. The lowest BCUT2D eigenvalue weighted by atomic mass is 10.0. The van der Waals surface area contributed by atoms with Crippen LogP contribution in [0.3, 0.4) is 0 Å². The van der Waals surface area contributed by atoms with Crippen LogP contribution in [0, 0.1) is 0 Å². The Labute approximate surface area is 203 Å². The summed E-state index contributed by atoms with van der Waals surface area (Å²) < 4.78 is 0. The molecule has 0 aliphatic rings. The Balaban J connectivity index is 3.42. The lowest BCUT2D eigenvalue weighted by Gasteiger charge is -2.25. The molecular formula is C26H56Cl2Si2. The second-order valence-corrected chi connectivity index (χ2v) is 23.6. The monoisotopic (exact) mass is 494 g/mol. The van der Waals surface area contributed by atoms with Crippen LogP contribution < -0.4 is 0 Å². The number of unbranched alkanes of at least 4 members (excludes halogenated alkanes) is 16. The number of halogens is 2. The normalized spacial score (nSPS) is 15.8. The second-order valence-electron chi connectivity index (χ2n) is 10.5. The van der Waals surface area contributed by atoms with Gasteiger partial charge >= 0.3 is 0 Å². The van der Waals surface area contributed by atoms with Crippen molar-refractivity contribution in [3.63, 3.8) is 0 Å². The summed E-state index contributed by atoms with van der Waals surface area (Å²) in [4.78, 5) is 0. The van der Waals surface area contributed by atoms with E-state index in [1.54, 1.807) is 0 Å². The van der Waals surface area contributed by atoms with Crippen LogP contribution in [-0.2, 0) is 0 Å². The van der Waals surface area contributed by atoms with Gasteiger partial charge < -0.3 is 0 Å². The molecule has 182 valence electrons. The van der Waals surface area contributed by atoms with Gasteiger partial charge in [0.1, 0.15) is 0 Å². The van der Waals surface area contributed by atoms with Crippen molar-refractivity contribution in [1.29, 1.82) is 0 Å². The Morgan fingerprint density at radius 1 is 0.367 bits per heavy atom. The van der Waals surface area contributed by atoms with Gasteiger partial charge in [-0.3, -0.25) is 0 Å². The van der Waals surface area contributed by atoms with Gasteiger partial charge in [0.05, 0.1) is 0 Å². The van der Waals surface area contributed by atoms with E-state index in [-0.39, 0.29) is 0 Å². The van der Waals surface area contributed by atoms with E-state index in [0.29, 0.717) is 0 Å². The Morgan fingerprint density at radius 3 is 0.967 bits per heavy atom. The van der Waals surface area contributed by atoms with Crippen LogP contribution in [0.25, 0.3) is 0 Å². The average molecular weight is 496 g/mol. The van der Waals surface area contributed by atoms with Gasteiger partial charge in [-0.1, -0.05) is 143 Å². The Morgan fingerprint density at radius 2 is 0.633 bits per heavy atom. The van der Waals surface area contributed by atoms with E-state index >= 15 is 0 Å². The minimum absolute atomic E-state index is 1.24. The maximum atomic E-state index is 6.94. The van der Waals surface area contributed by atoms with Gasteiger partial charge in [-0.15, -0.1) is 0 Å². The van der Waals surface area contributed by atoms with E-state index < -0.39 is 14.8 Å². The third kappa shape index (κ3) is 22.2. The molecule has 0 heterocycles. The van der Waals surface area contributed by atoms with E-state index in [2.05, 4.69) is 26.9 Å². The first-order chi connectivity index (χ1) is 14.3. The summed E-state index contributed by atoms with van der Waals surface area (Å²) in [6.45, 7) is 9.28. The standard InChI is InChI=1S/C26H56Cl2Si2/c1-5-7-9-10-11-12-13-14-15-16-17-18-19-20-21-22-24-30(4,28)26-25-29(3,27)23-8-6-2/h5-26H2,1-4H3. The highest BCUT2D eigenvalue weighted by atomic mass is 35.6. The summed E-state index contributed by atoms with van der Waals surface area (Å²) in [6, 6.07) is 5.04. The van der Waals surface area contributed by atoms with Crippen molar-refractivity contribution >= 4 is 36.9 Å². The highest BCUT2D eigenvalue weighted by Crippen LogP contribution is 2.32. The van der Waals surface area contributed by atoms with E-state index in [1.165, 1.54) is 140 Å². The molecule has 0 saturated carbocycles. The van der Waals surface area contributed by atoms with Crippen LogP contribution >= 0.6 is 22.2 Å². The van der Waals surface area contributed by atoms with Gasteiger partial charge in [-0.2, -0.15) is 22.2 Å². The van der Waals surface area contributed by atoms with Gasteiger partial charge in [0.25, 0.3) is 0 Å². The fourth-order valence-corrected chi connectivity index (χ4v) is 13.6. The summed E-state index contributed by atoms with van der Waals surface area (Å²) >= 11 is 13.8. The predicted molar refractivity (Wildman–Crippen MR) is 149 cm³/mol. The molecule has 0 bridgehead atoms. The molecule has 0 nitrogen and oxygen atoms in total. The molecule has 0 N–H and O–H groups in total. The van der Waals surface area contributed by atoms with Crippen molar-refractivity contribution in [2.45, 2.75) is 167 Å². The van der Waals surface area contributed by atoms with Gasteiger partial charge in [-0.25, -0.2) is 0 Å². The molecule has 0 rings (SSSR count). The molecule has 30 heavy (non-hydrogen) atoms. The van der Waals surface area contributed by atoms with Crippen LogP contribution in [-0.4, -0.2) is 14.8 Å². The Bertz CT molecular complexity index is 359. The number of rotatable bonds is 23. The molecule has 2 atom stereocenters. The molecule has 0 amide bonds. The van der Waals surface area contributed by atoms with E-state index in [1.807, 2.05) is 0 Å². The fraction of sp³-hybridized carbons (Fsp3) is 1.00. The summed E-state index contributed by atoms with van der Waals surface area (Å²) in [5, 5.41) is 0. The first kappa shape index (κ1) is 31.0. The molecule has 0 aliphatic heterocycles. The quantitative estimate of drug-likeness (QED) is 0.0751. The molecule has 0 aromatic heterocycles. The van der Waals surface area contributed by atoms with Crippen LogP contribution in [0.5, 0.6) is 0 Å². The van der Waals surface area contributed by atoms with Crippen LogP contribution in [0.15, 0.2) is 0 Å². The smallest absolute Gasteiger partial charge is 0.153 e. The van der Waals surface area contributed by atoms with E-state index in [4.69, 9.17) is 22.2 Å². The van der Waals surface area contributed by atoms with Crippen LogP contribution in [0.4, 0.5) is 0 Å². The van der Waals surface area contributed by atoms with Crippen molar-refractivity contribution in [1.82, 2.24) is 0 Å². The van der Waals surface area contributed by atoms with Crippen molar-refractivity contribution < 1.29 is 0 Å². The van der Waals surface area contributed by atoms with Gasteiger partial charge in [0.2, 0.25) is 0 Å². The largest absolute Gasteiger partial charge is 0.167 e. The van der Waals surface area contributed by atoms with Crippen molar-refractivity contribution in [3.05, 3.63) is 0 Å². The lowest BCUT2D eigenvalue weighted by molar-refractivity contribution is 0.531. The third-order valence-corrected chi connectivity index (χ3v) is 14.9. The molecule has 0 saturated heterocycles. The van der Waals surface area contributed by atoms with Gasteiger partial charge in [-0.05, 0) is 24.2 Å². The average Bonchev–Trinajstić information content (AvgIpc) is 2.71. The summed E-state index contributed by atoms with van der Waals surface area (Å²) in [5.74, 6) is 0. The molecule has 2 unspecified atom stereocenters. The predicted octanol–water partition coefficient (Wildman–Crippen LogP) is 11.7. The van der Waals surface area contributed by atoms with E-state index in [0.717, 1.165) is 0 Å². The molecular weight excluding hydrogens is 439 g/mol. The molecule has 0 aliphatic carbocycles. The minimum atomic E-state index is -1.54. The van der Waals surface area contributed by atoms with Crippen molar-refractivity contribution in [2.75, 3.05) is 0 Å². The van der Waals surface area contributed by atoms with Crippen molar-refractivity contribution in [3.8, 4) is 0 Å². The SMILES string of the molecule is CCCCCCCCCCCCCCCCCC[Si](C)(Cl)CC[Si](C)(Cl)CCCC. The van der Waals surface area contributed by atoms with Crippen LogP contribution in [0.2, 0.25) is 37.3 Å². The first-order valence-corrected chi connectivity index (χ1v) is 21.6. The Kier molecular flexibility index (Phi) is 21.3. The molecule has 0 aromatic carbocycles. The van der Waals surface area contributed by atoms with E-state index in [9.17, 15) is 0 Å². The highest BCUT2D eigenvalue weighted by molar-refractivity contribution is 7.23. The summed E-state index contributed by atoms with van der Waals surface area (Å²) in [7, 11) is -3.04. The maximum absolute atomic E-state index is 6.94. The third-order valence-electron chi connectivity index (χ3n) is 6.77. The fourth-order valence-electron chi connectivity index (χ4n) is 4.36. The maximum Gasteiger partial charge on any atom is 0.153 e. The minimum Gasteiger partial charge on any atom is -0.167 e.